The number of aliphatic hydroxyl groups excluding tert-OH is 1. The van der Waals surface area contributed by atoms with Gasteiger partial charge in [-0.05, 0) is 20.3 Å². The van der Waals surface area contributed by atoms with Gasteiger partial charge in [0.2, 0.25) is 5.91 Å². The van der Waals surface area contributed by atoms with E-state index in [4.69, 9.17) is 4.52 Å². The Bertz CT molecular complexity index is 445. The van der Waals surface area contributed by atoms with Crippen LogP contribution in [0.1, 0.15) is 37.3 Å². The van der Waals surface area contributed by atoms with Crippen LogP contribution >= 0.6 is 0 Å². The van der Waals surface area contributed by atoms with Gasteiger partial charge in [-0.2, -0.15) is 0 Å². The molecule has 0 spiro atoms. The number of aromatic nitrogens is 1. The Morgan fingerprint density at radius 1 is 1.56 bits per heavy atom. The molecule has 1 aliphatic rings. The summed E-state index contributed by atoms with van der Waals surface area (Å²) in [6.07, 6.45) is 0.575. The van der Waals surface area contributed by atoms with Gasteiger partial charge < -0.3 is 14.9 Å². The normalized spacial score (nSPS) is 25.6. The monoisotopic (exact) mass is 252 g/mol. The number of nitrogens with one attached hydrogen (secondary N) is 1. The van der Waals surface area contributed by atoms with Crippen molar-refractivity contribution in [3.8, 4) is 0 Å². The molecule has 1 amide bonds. The first kappa shape index (κ1) is 13.1. The number of hydrogen-bond donors (Lipinski definition) is 2. The summed E-state index contributed by atoms with van der Waals surface area (Å²) < 4.78 is 5.03. The van der Waals surface area contributed by atoms with Gasteiger partial charge in [-0.25, -0.2) is 0 Å². The van der Waals surface area contributed by atoms with Crippen molar-refractivity contribution < 1.29 is 14.4 Å². The highest BCUT2D eigenvalue weighted by Crippen LogP contribution is 2.40. The fraction of sp³-hybridized carbons (Fsp3) is 0.692. The summed E-state index contributed by atoms with van der Waals surface area (Å²) in [7, 11) is 0. The fourth-order valence-electron chi connectivity index (χ4n) is 2.31. The molecule has 2 N–H and O–H groups in total. The van der Waals surface area contributed by atoms with Crippen LogP contribution in [0.25, 0.3) is 0 Å². The lowest BCUT2D eigenvalue weighted by molar-refractivity contribution is -0.128. The minimum atomic E-state index is -0.332. The zero-order chi connectivity index (χ0) is 13.5. The molecule has 18 heavy (non-hydrogen) atoms. The number of aliphatic hydroxyl groups is 1. The molecular weight excluding hydrogens is 232 g/mol. The topological polar surface area (TPSA) is 75.4 Å². The first-order chi connectivity index (χ1) is 8.32. The van der Waals surface area contributed by atoms with Crippen LogP contribution in [0.4, 0.5) is 0 Å². The molecule has 5 nitrogen and oxygen atoms in total. The molecular formula is C13H20N2O3. The molecule has 1 aliphatic carbocycles. The van der Waals surface area contributed by atoms with Crippen molar-refractivity contribution in [2.45, 2.75) is 52.7 Å². The molecule has 2 unspecified atom stereocenters. The largest absolute Gasteiger partial charge is 0.392 e. The molecule has 2 rings (SSSR count). The number of carbonyl (C=O) groups excluding carboxylic acids is 1. The zero-order valence-electron chi connectivity index (χ0n) is 11.3. The van der Waals surface area contributed by atoms with Gasteiger partial charge in [0.05, 0.1) is 18.2 Å². The van der Waals surface area contributed by atoms with Crippen molar-refractivity contribution in [1.82, 2.24) is 10.5 Å². The summed E-state index contributed by atoms with van der Waals surface area (Å²) in [6, 6.07) is 0.0421. The van der Waals surface area contributed by atoms with Crippen molar-refractivity contribution in [3.05, 3.63) is 17.0 Å². The molecule has 0 bridgehead atoms. The molecule has 1 aromatic rings. The van der Waals surface area contributed by atoms with Crippen LogP contribution in [0.3, 0.4) is 0 Å². The van der Waals surface area contributed by atoms with Crippen molar-refractivity contribution in [3.63, 3.8) is 0 Å². The number of rotatable bonds is 3. The fourth-order valence-corrected chi connectivity index (χ4v) is 2.31. The van der Waals surface area contributed by atoms with Crippen molar-refractivity contribution >= 4 is 5.91 Å². The molecule has 1 heterocycles. The van der Waals surface area contributed by atoms with Gasteiger partial charge in [0.15, 0.2) is 0 Å². The lowest BCUT2D eigenvalue weighted by Crippen LogP contribution is -2.61. The molecule has 0 aromatic carbocycles. The van der Waals surface area contributed by atoms with E-state index in [2.05, 4.69) is 10.5 Å². The maximum absolute atomic E-state index is 12.0. The van der Waals surface area contributed by atoms with Crippen molar-refractivity contribution in [1.29, 1.82) is 0 Å². The smallest absolute Gasteiger partial charge is 0.224 e. The molecule has 1 fully saturated rings. The predicted molar refractivity (Wildman–Crippen MR) is 66.0 cm³/mol. The summed E-state index contributed by atoms with van der Waals surface area (Å²) in [5, 5.41) is 16.4. The second kappa shape index (κ2) is 4.39. The van der Waals surface area contributed by atoms with E-state index in [1.807, 2.05) is 20.8 Å². The zero-order valence-corrected chi connectivity index (χ0v) is 11.3. The van der Waals surface area contributed by atoms with Crippen LogP contribution in [0, 0.1) is 19.3 Å². The minimum absolute atomic E-state index is 0.0421. The van der Waals surface area contributed by atoms with Gasteiger partial charge in [-0.1, -0.05) is 19.0 Å². The van der Waals surface area contributed by atoms with Crippen LogP contribution in [0.15, 0.2) is 4.52 Å². The lowest BCUT2D eigenvalue weighted by atomic mass is 9.64. The average molecular weight is 252 g/mol. The molecule has 1 saturated carbocycles. The first-order valence-corrected chi connectivity index (χ1v) is 6.21. The van der Waals surface area contributed by atoms with E-state index in [1.165, 1.54) is 0 Å². The van der Waals surface area contributed by atoms with Gasteiger partial charge in [0.1, 0.15) is 5.76 Å². The predicted octanol–water partition coefficient (Wildman–Crippen LogP) is 1.11. The Balaban J connectivity index is 1.95. The van der Waals surface area contributed by atoms with Gasteiger partial charge in [-0.15, -0.1) is 0 Å². The van der Waals surface area contributed by atoms with E-state index in [9.17, 15) is 9.90 Å². The van der Waals surface area contributed by atoms with Gasteiger partial charge in [0.25, 0.3) is 0 Å². The Hall–Kier alpha value is -1.36. The van der Waals surface area contributed by atoms with Crippen LogP contribution in [0.2, 0.25) is 0 Å². The van der Waals surface area contributed by atoms with Crippen molar-refractivity contribution in [2.24, 2.45) is 5.41 Å². The van der Waals surface area contributed by atoms with Gasteiger partial charge in [0, 0.05) is 17.0 Å². The molecule has 0 saturated heterocycles. The highest BCUT2D eigenvalue weighted by Gasteiger charge is 2.47. The Kier molecular flexibility index (Phi) is 3.19. The third-order valence-electron chi connectivity index (χ3n) is 4.07. The molecule has 1 aromatic heterocycles. The SMILES string of the molecule is Cc1noc(C)c1CC(=O)NC1CC(O)C1(C)C. The summed E-state index contributed by atoms with van der Waals surface area (Å²) >= 11 is 0. The first-order valence-electron chi connectivity index (χ1n) is 6.21. The van der Waals surface area contributed by atoms with Crippen LogP contribution < -0.4 is 5.32 Å². The van der Waals surface area contributed by atoms with E-state index < -0.39 is 0 Å². The molecule has 2 atom stereocenters. The van der Waals surface area contributed by atoms with E-state index in [0.29, 0.717) is 12.2 Å². The van der Waals surface area contributed by atoms with E-state index >= 15 is 0 Å². The van der Waals surface area contributed by atoms with E-state index in [1.54, 1.807) is 6.92 Å². The number of aryl methyl sites for hydroxylation is 2. The van der Waals surface area contributed by atoms with Crippen LogP contribution in [-0.4, -0.2) is 28.3 Å². The van der Waals surface area contributed by atoms with E-state index in [-0.39, 0.29) is 29.9 Å². The second-order valence-corrected chi connectivity index (χ2v) is 5.67. The maximum atomic E-state index is 12.0. The Morgan fingerprint density at radius 2 is 2.22 bits per heavy atom. The van der Waals surface area contributed by atoms with Gasteiger partial charge in [-0.3, -0.25) is 4.79 Å². The Morgan fingerprint density at radius 3 is 2.67 bits per heavy atom. The van der Waals surface area contributed by atoms with Crippen LogP contribution in [-0.2, 0) is 11.2 Å². The third kappa shape index (κ3) is 2.14. The summed E-state index contributed by atoms with van der Waals surface area (Å²) in [4.78, 5) is 12.0. The Labute approximate surface area is 107 Å². The van der Waals surface area contributed by atoms with E-state index in [0.717, 1.165) is 11.3 Å². The molecule has 0 radical (unpaired) electrons. The number of carbonyl (C=O) groups is 1. The highest BCUT2D eigenvalue weighted by atomic mass is 16.5. The maximum Gasteiger partial charge on any atom is 0.224 e. The highest BCUT2D eigenvalue weighted by molar-refractivity contribution is 5.79. The molecule has 0 aliphatic heterocycles. The average Bonchev–Trinajstić information content (AvgIpc) is 2.60. The van der Waals surface area contributed by atoms with Crippen molar-refractivity contribution in [2.75, 3.05) is 0 Å². The number of hydrogen-bond acceptors (Lipinski definition) is 4. The summed E-state index contributed by atoms with van der Waals surface area (Å²) in [6.45, 7) is 7.56. The summed E-state index contributed by atoms with van der Waals surface area (Å²) in [5.74, 6) is 0.643. The standard InChI is InChI=1S/C13H20N2O3/c1-7-9(8(2)18-15-7)5-12(17)14-10-6-11(16)13(10,3)4/h10-11,16H,5-6H2,1-4H3,(H,14,17). The van der Waals surface area contributed by atoms with Crippen LogP contribution in [0.5, 0.6) is 0 Å². The minimum Gasteiger partial charge on any atom is -0.392 e. The third-order valence-corrected chi connectivity index (χ3v) is 4.07. The second-order valence-electron chi connectivity index (χ2n) is 5.67. The number of amides is 1. The number of nitrogens with zero attached hydrogens (tertiary/aromatic N) is 1. The van der Waals surface area contributed by atoms with Gasteiger partial charge >= 0.3 is 0 Å². The quantitative estimate of drug-likeness (QED) is 0.845. The summed E-state index contributed by atoms with van der Waals surface area (Å²) in [5.41, 5.74) is 1.37. The molecule has 100 valence electrons. The lowest BCUT2D eigenvalue weighted by Gasteiger charge is -2.49. The molecule has 5 heteroatoms.